The first-order valence-corrected chi connectivity index (χ1v) is 10.2. The van der Waals surface area contributed by atoms with Gasteiger partial charge < -0.3 is 19.5 Å². The van der Waals surface area contributed by atoms with Gasteiger partial charge in [0.1, 0.15) is 18.5 Å². The molecule has 0 saturated carbocycles. The van der Waals surface area contributed by atoms with Crippen molar-refractivity contribution in [3.63, 3.8) is 0 Å². The van der Waals surface area contributed by atoms with Crippen LogP contribution >= 0.6 is 11.6 Å². The molecular weight excluding hydrogens is 406 g/mol. The summed E-state index contributed by atoms with van der Waals surface area (Å²) in [5.74, 6) is 1.77. The van der Waals surface area contributed by atoms with E-state index in [1.54, 1.807) is 6.07 Å². The van der Waals surface area contributed by atoms with Crippen molar-refractivity contribution in [2.75, 3.05) is 13.2 Å². The summed E-state index contributed by atoms with van der Waals surface area (Å²) in [5.41, 5.74) is 4.17. The smallest absolute Gasteiger partial charge is 0.258 e. The predicted molar refractivity (Wildman–Crippen MR) is 115 cm³/mol. The van der Waals surface area contributed by atoms with Crippen LogP contribution in [0.25, 0.3) is 22.8 Å². The Morgan fingerprint density at radius 1 is 1.10 bits per heavy atom. The van der Waals surface area contributed by atoms with Crippen molar-refractivity contribution in [3.8, 4) is 28.6 Å². The van der Waals surface area contributed by atoms with Crippen molar-refractivity contribution >= 4 is 11.6 Å². The molecule has 0 aliphatic heterocycles. The van der Waals surface area contributed by atoms with E-state index in [1.165, 1.54) is 0 Å². The zero-order valence-corrected chi connectivity index (χ0v) is 18.3. The molecule has 0 radical (unpaired) electrons. The number of hydrogen-bond acceptors (Lipinski definition) is 7. The molecule has 160 valence electrons. The second kappa shape index (κ2) is 9.55. The third-order valence-corrected chi connectivity index (χ3v) is 4.70. The van der Waals surface area contributed by atoms with Gasteiger partial charge in [-0.1, -0.05) is 30.6 Å². The maximum Gasteiger partial charge on any atom is 0.258 e. The molecule has 1 atom stereocenters. The highest BCUT2D eigenvalue weighted by Crippen LogP contribution is 2.34. The predicted octanol–water partition coefficient (Wildman–Crippen LogP) is 4.00. The molecule has 2 N–H and O–H groups in total. The zero-order chi connectivity index (χ0) is 21.8. The van der Waals surface area contributed by atoms with E-state index in [2.05, 4.69) is 29.0 Å². The Bertz CT molecular complexity index is 996. The van der Waals surface area contributed by atoms with Crippen molar-refractivity contribution in [1.82, 2.24) is 15.1 Å². The summed E-state index contributed by atoms with van der Waals surface area (Å²) in [7, 11) is 0. The number of halogens is 1. The Hall–Kier alpha value is -2.48. The Balaban J connectivity index is 1.87. The summed E-state index contributed by atoms with van der Waals surface area (Å²) >= 11 is 6.36. The van der Waals surface area contributed by atoms with E-state index in [1.807, 2.05) is 32.0 Å². The van der Waals surface area contributed by atoms with Gasteiger partial charge in [-0.15, -0.1) is 0 Å². The number of aromatic nitrogens is 3. The third-order valence-electron chi connectivity index (χ3n) is 4.42. The van der Waals surface area contributed by atoms with Gasteiger partial charge in [-0.05, 0) is 56.0 Å². The number of aliphatic hydroxyl groups is 2. The summed E-state index contributed by atoms with van der Waals surface area (Å²) in [5, 5.41) is 22.9. The van der Waals surface area contributed by atoms with Crippen LogP contribution in [0.3, 0.4) is 0 Å². The summed E-state index contributed by atoms with van der Waals surface area (Å²) in [4.78, 5) is 9.11. The lowest BCUT2D eigenvalue weighted by Gasteiger charge is -2.14. The third kappa shape index (κ3) is 5.36. The fourth-order valence-electron chi connectivity index (χ4n) is 3.12. The lowest BCUT2D eigenvalue weighted by Crippen LogP contribution is -2.21. The maximum absolute atomic E-state index is 9.48. The second-order valence-electron chi connectivity index (χ2n) is 7.76. The molecule has 2 aromatic heterocycles. The van der Waals surface area contributed by atoms with Crippen LogP contribution in [0.15, 0.2) is 28.8 Å². The largest absolute Gasteiger partial charge is 0.489 e. The highest BCUT2D eigenvalue weighted by Gasteiger charge is 2.16. The fourth-order valence-corrected chi connectivity index (χ4v) is 3.44. The van der Waals surface area contributed by atoms with Crippen LogP contribution in [0.5, 0.6) is 5.75 Å². The molecule has 0 fully saturated rings. The SMILES string of the molecule is Cc1cc(-c2nc(-c3cc(C)c(OC[C@@H](O)CO)c(Cl)c3)no2)cc(CC(C)C)n1. The number of rotatable bonds is 8. The number of aliphatic hydroxyl groups excluding tert-OH is 2. The first-order valence-electron chi connectivity index (χ1n) is 9.80. The van der Waals surface area contributed by atoms with Crippen molar-refractivity contribution in [1.29, 1.82) is 0 Å². The van der Waals surface area contributed by atoms with E-state index in [0.717, 1.165) is 28.9 Å². The van der Waals surface area contributed by atoms with Crippen LogP contribution in [0.2, 0.25) is 5.02 Å². The van der Waals surface area contributed by atoms with E-state index in [9.17, 15) is 5.11 Å². The minimum atomic E-state index is -0.968. The van der Waals surface area contributed by atoms with Gasteiger partial charge in [-0.2, -0.15) is 4.98 Å². The average Bonchev–Trinajstić information content (AvgIpc) is 3.16. The topological polar surface area (TPSA) is 102 Å². The molecule has 0 aliphatic carbocycles. The van der Waals surface area contributed by atoms with E-state index < -0.39 is 6.10 Å². The van der Waals surface area contributed by atoms with Crippen LogP contribution in [0.1, 0.15) is 30.8 Å². The number of ether oxygens (including phenoxy) is 1. The van der Waals surface area contributed by atoms with Gasteiger partial charge in [-0.25, -0.2) is 0 Å². The summed E-state index contributed by atoms with van der Waals surface area (Å²) in [6.45, 7) is 7.65. The van der Waals surface area contributed by atoms with E-state index in [-0.39, 0.29) is 13.2 Å². The van der Waals surface area contributed by atoms with Crippen LogP contribution in [-0.4, -0.2) is 44.7 Å². The average molecular weight is 432 g/mol. The molecule has 1 aromatic carbocycles. The molecule has 0 amide bonds. The highest BCUT2D eigenvalue weighted by atomic mass is 35.5. The first kappa shape index (κ1) is 22.2. The highest BCUT2D eigenvalue weighted by molar-refractivity contribution is 6.32. The summed E-state index contributed by atoms with van der Waals surface area (Å²) in [6.07, 6.45) is -0.0963. The molecule has 3 rings (SSSR count). The van der Waals surface area contributed by atoms with Crippen LogP contribution in [0, 0.1) is 19.8 Å². The molecule has 0 unspecified atom stereocenters. The molecule has 8 heteroatoms. The zero-order valence-electron chi connectivity index (χ0n) is 17.5. The van der Waals surface area contributed by atoms with E-state index in [0.29, 0.717) is 34.0 Å². The molecule has 2 heterocycles. The van der Waals surface area contributed by atoms with Crippen molar-refractivity contribution < 1.29 is 19.5 Å². The Morgan fingerprint density at radius 3 is 2.53 bits per heavy atom. The molecular formula is C22H26ClN3O4. The summed E-state index contributed by atoms with van der Waals surface area (Å²) in [6, 6.07) is 7.42. The van der Waals surface area contributed by atoms with Crippen molar-refractivity contribution in [3.05, 3.63) is 46.2 Å². The number of benzene rings is 1. The van der Waals surface area contributed by atoms with Gasteiger partial charge in [0, 0.05) is 22.5 Å². The van der Waals surface area contributed by atoms with Crippen LogP contribution < -0.4 is 4.74 Å². The quantitative estimate of drug-likeness (QED) is 0.555. The molecule has 7 nitrogen and oxygen atoms in total. The standard InChI is InChI=1S/C22H26ClN3O4/c1-12(2)5-17-8-16(7-14(4)24-17)22-25-21(26-30-22)15-6-13(3)20(19(23)9-15)29-11-18(28)10-27/h6-9,12,18,27-28H,5,10-11H2,1-4H3/t18-/m0/s1. The van der Waals surface area contributed by atoms with Crippen molar-refractivity contribution in [2.45, 2.75) is 40.2 Å². The molecule has 0 bridgehead atoms. The first-order chi connectivity index (χ1) is 14.3. The minimum Gasteiger partial charge on any atom is -0.489 e. The Kier molecular flexibility index (Phi) is 7.07. The monoisotopic (exact) mass is 431 g/mol. The van der Waals surface area contributed by atoms with Gasteiger partial charge in [0.15, 0.2) is 0 Å². The van der Waals surface area contributed by atoms with E-state index in [4.69, 9.17) is 26.0 Å². The maximum atomic E-state index is 9.48. The second-order valence-corrected chi connectivity index (χ2v) is 8.17. The normalized spacial score (nSPS) is 12.4. The molecule has 3 aromatic rings. The van der Waals surface area contributed by atoms with Gasteiger partial charge in [-0.3, -0.25) is 4.98 Å². The van der Waals surface area contributed by atoms with Crippen LogP contribution in [0.4, 0.5) is 0 Å². The van der Waals surface area contributed by atoms with Gasteiger partial charge >= 0.3 is 0 Å². The fraction of sp³-hybridized carbons (Fsp3) is 0.409. The number of pyridine rings is 1. The molecule has 30 heavy (non-hydrogen) atoms. The van der Waals surface area contributed by atoms with E-state index >= 15 is 0 Å². The minimum absolute atomic E-state index is 0.0527. The number of aryl methyl sites for hydroxylation is 2. The lowest BCUT2D eigenvalue weighted by atomic mass is 10.1. The summed E-state index contributed by atoms with van der Waals surface area (Å²) < 4.78 is 11.0. The van der Waals surface area contributed by atoms with Gasteiger partial charge in [0.2, 0.25) is 5.82 Å². The number of hydrogen-bond donors (Lipinski definition) is 2. The molecule has 0 aliphatic rings. The Morgan fingerprint density at radius 2 is 1.87 bits per heavy atom. The van der Waals surface area contributed by atoms with Gasteiger partial charge in [0.25, 0.3) is 5.89 Å². The molecule has 0 spiro atoms. The lowest BCUT2D eigenvalue weighted by molar-refractivity contribution is 0.0534. The molecule has 0 saturated heterocycles. The van der Waals surface area contributed by atoms with Crippen LogP contribution in [-0.2, 0) is 6.42 Å². The number of nitrogens with zero attached hydrogens (tertiary/aromatic N) is 3. The van der Waals surface area contributed by atoms with Gasteiger partial charge in [0.05, 0.1) is 11.6 Å². The van der Waals surface area contributed by atoms with Crippen molar-refractivity contribution in [2.24, 2.45) is 5.92 Å². The Labute approximate surface area is 180 Å².